The van der Waals surface area contributed by atoms with Gasteiger partial charge in [0.15, 0.2) is 0 Å². The van der Waals surface area contributed by atoms with E-state index < -0.39 is 0 Å². The van der Waals surface area contributed by atoms with Crippen molar-refractivity contribution in [3.05, 3.63) is 0 Å². The van der Waals surface area contributed by atoms with Gasteiger partial charge in [0.25, 0.3) is 5.91 Å². The molecule has 5 heteroatoms. The Balaban J connectivity index is 1.81. The van der Waals surface area contributed by atoms with E-state index in [2.05, 4.69) is 17.2 Å². The number of piperidine rings is 1. The molecular weight excluding hydrogens is 242 g/mol. The Morgan fingerprint density at radius 2 is 2.21 bits per heavy atom. The molecule has 5 nitrogen and oxygen atoms in total. The van der Waals surface area contributed by atoms with Gasteiger partial charge in [0, 0.05) is 12.6 Å². The van der Waals surface area contributed by atoms with Gasteiger partial charge in [-0.2, -0.15) is 0 Å². The molecule has 0 aromatic heterocycles. The number of hydrogen-bond donors (Lipinski definition) is 2. The molecule has 3 unspecified atom stereocenters. The van der Waals surface area contributed by atoms with Crippen molar-refractivity contribution in [2.24, 2.45) is 5.84 Å². The van der Waals surface area contributed by atoms with E-state index in [-0.39, 0.29) is 18.1 Å². The van der Waals surface area contributed by atoms with Crippen molar-refractivity contribution < 1.29 is 9.53 Å². The number of carbonyl (C=O) groups excluding carboxylic acids is 1. The SMILES string of the molecule is CCCC1CCCCN1CC1CCC(C(=O)NN)O1. The molecule has 2 aliphatic heterocycles. The smallest absolute Gasteiger partial charge is 0.263 e. The minimum absolute atomic E-state index is 0.189. The molecule has 3 atom stereocenters. The summed E-state index contributed by atoms with van der Waals surface area (Å²) in [5, 5.41) is 0. The third kappa shape index (κ3) is 3.91. The fourth-order valence-corrected chi connectivity index (χ4v) is 3.35. The second-order valence-corrected chi connectivity index (χ2v) is 5.77. The molecular formula is C14H27N3O2. The third-order valence-corrected chi connectivity index (χ3v) is 4.35. The summed E-state index contributed by atoms with van der Waals surface area (Å²) in [5.74, 6) is 4.96. The minimum Gasteiger partial charge on any atom is -0.364 e. The standard InChI is InChI=1S/C14H27N3O2/c1-2-5-11-6-3-4-9-17(11)10-12-7-8-13(19-12)14(18)16-15/h11-13H,2-10,15H2,1H3,(H,16,18). The molecule has 2 heterocycles. The summed E-state index contributed by atoms with van der Waals surface area (Å²) in [5.41, 5.74) is 2.18. The lowest BCUT2D eigenvalue weighted by Crippen LogP contribution is -2.44. The molecule has 3 N–H and O–H groups in total. The minimum atomic E-state index is -0.343. The monoisotopic (exact) mass is 269 g/mol. The van der Waals surface area contributed by atoms with Crippen LogP contribution in [0.15, 0.2) is 0 Å². The molecule has 0 aromatic rings. The number of nitrogens with one attached hydrogen (secondary N) is 1. The Morgan fingerprint density at radius 3 is 2.95 bits per heavy atom. The predicted octanol–water partition coefficient (Wildman–Crippen LogP) is 1.18. The van der Waals surface area contributed by atoms with E-state index in [0.29, 0.717) is 6.04 Å². The summed E-state index contributed by atoms with van der Waals surface area (Å²) in [6.45, 7) is 4.40. The van der Waals surface area contributed by atoms with Crippen LogP contribution in [0, 0.1) is 0 Å². The van der Waals surface area contributed by atoms with Gasteiger partial charge in [0.05, 0.1) is 6.10 Å². The van der Waals surface area contributed by atoms with Gasteiger partial charge in [-0.25, -0.2) is 5.84 Å². The maximum atomic E-state index is 11.4. The average molecular weight is 269 g/mol. The Hall–Kier alpha value is -0.650. The molecule has 2 saturated heterocycles. The Kier molecular flexibility index (Phi) is 5.60. The van der Waals surface area contributed by atoms with Crippen molar-refractivity contribution in [3.63, 3.8) is 0 Å². The lowest BCUT2D eigenvalue weighted by atomic mass is 9.97. The van der Waals surface area contributed by atoms with Crippen molar-refractivity contribution in [1.29, 1.82) is 0 Å². The van der Waals surface area contributed by atoms with Crippen molar-refractivity contribution in [1.82, 2.24) is 10.3 Å². The van der Waals surface area contributed by atoms with E-state index in [1.807, 2.05) is 0 Å². The highest BCUT2D eigenvalue weighted by Crippen LogP contribution is 2.25. The van der Waals surface area contributed by atoms with E-state index in [9.17, 15) is 4.79 Å². The topological polar surface area (TPSA) is 67.6 Å². The molecule has 0 aromatic carbocycles. The number of nitrogens with zero attached hydrogens (tertiary/aromatic N) is 1. The number of carbonyl (C=O) groups is 1. The van der Waals surface area contributed by atoms with Gasteiger partial charge < -0.3 is 4.74 Å². The van der Waals surface area contributed by atoms with Crippen LogP contribution in [-0.4, -0.2) is 42.1 Å². The number of likely N-dealkylation sites (tertiary alicyclic amines) is 1. The van der Waals surface area contributed by atoms with Gasteiger partial charge in [0.1, 0.15) is 6.10 Å². The van der Waals surface area contributed by atoms with Crippen molar-refractivity contribution in [2.45, 2.75) is 70.1 Å². The zero-order chi connectivity index (χ0) is 13.7. The predicted molar refractivity (Wildman–Crippen MR) is 74.3 cm³/mol. The molecule has 0 bridgehead atoms. The van der Waals surface area contributed by atoms with Crippen LogP contribution in [0.4, 0.5) is 0 Å². The van der Waals surface area contributed by atoms with Crippen LogP contribution >= 0.6 is 0 Å². The summed E-state index contributed by atoms with van der Waals surface area (Å²) in [7, 11) is 0. The van der Waals surface area contributed by atoms with Crippen molar-refractivity contribution >= 4 is 5.91 Å². The Morgan fingerprint density at radius 1 is 1.37 bits per heavy atom. The number of nitrogens with two attached hydrogens (primary N) is 1. The Labute approximate surface area is 115 Å². The molecule has 0 spiro atoms. The van der Waals surface area contributed by atoms with E-state index in [0.717, 1.165) is 19.4 Å². The molecule has 1 amide bonds. The zero-order valence-electron chi connectivity index (χ0n) is 11.9. The zero-order valence-corrected chi connectivity index (χ0v) is 11.9. The normalized spacial score (nSPS) is 32.4. The van der Waals surface area contributed by atoms with Gasteiger partial charge >= 0.3 is 0 Å². The molecule has 0 aliphatic carbocycles. The number of rotatable bonds is 5. The van der Waals surface area contributed by atoms with Crippen LogP contribution in [0.25, 0.3) is 0 Å². The van der Waals surface area contributed by atoms with Crippen LogP contribution in [0.2, 0.25) is 0 Å². The second kappa shape index (κ2) is 7.22. The molecule has 0 saturated carbocycles. The first-order valence-corrected chi connectivity index (χ1v) is 7.64. The first kappa shape index (κ1) is 14.8. The van der Waals surface area contributed by atoms with Gasteiger partial charge in [-0.15, -0.1) is 0 Å². The summed E-state index contributed by atoms with van der Waals surface area (Å²) in [6.07, 6.45) is 8.08. The van der Waals surface area contributed by atoms with Gasteiger partial charge in [-0.3, -0.25) is 15.1 Å². The average Bonchev–Trinajstić information content (AvgIpc) is 2.89. The number of hydrogen-bond acceptors (Lipinski definition) is 4. The highest BCUT2D eigenvalue weighted by molar-refractivity contribution is 5.80. The van der Waals surface area contributed by atoms with Crippen molar-refractivity contribution in [2.75, 3.05) is 13.1 Å². The van der Waals surface area contributed by atoms with E-state index >= 15 is 0 Å². The molecule has 110 valence electrons. The highest BCUT2D eigenvalue weighted by atomic mass is 16.5. The first-order valence-electron chi connectivity index (χ1n) is 7.64. The third-order valence-electron chi connectivity index (χ3n) is 4.35. The number of hydrazine groups is 1. The second-order valence-electron chi connectivity index (χ2n) is 5.77. The number of amides is 1. The molecule has 2 rings (SSSR count). The lowest BCUT2D eigenvalue weighted by molar-refractivity contribution is -0.132. The lowest BCUT2D eigenvalue weighted by Gasteiger charge is -2.37. The van der Waals surface area contributed by atoms with E-state index in [1.54, 1.807) is 0 Å². The fourth-order valence-electron chi connectivity index (χ4n) is 3.35. The molecule has 2 aliphatic rings. The van der Waals surface area contributed by atoms with Crippen LogP contribution in [0.1, 0.15) is 51.9 Å². The first-order chi connectivity index (χ1) is 9.24. The van der Waals surface area contributed by atoms with Crippen LogP contribution in [0.5, 0.6) is 0 Å². The van der Waals surface area contributed by atoms with Gasteiger partial charge in [-0.1, -0.05) is 19.8 Å². The van der Waals surface area contributed by atoms with Gasteiger partial charge in [0.2, 0.25) is 0 Å². The largest absolute Gasteiger partial charge is 0.364 e. The summed E-state index contributed by atoms with van der Waals surface area (Å²) < 4.78 is 5.81. The van der Waals surface area contributed by atoms with Crippen LogP contribution in [0.3, 0.4) is 0 Å². The summed E-state index contributed by atoms with van der Waals surface area (Å²) >= 11 is 0. The fraction of sp³-hybridized carbons (Fsp3) is 0.929. The molecule has 2 fully saturated rings. The molecule has 0 radical (unpaired) electrons. The summed E-state index contributed by atoms with van der Waals surface area (Å²) in [6, 6.07) is 0.713. The van der Waals surface area contributed by atoms with Crippen LogP contribution in [-0.2, 0) is 9.53 Å². The van der Waals surface area contributed by atoms with E-state index in [1.165, 1.54) is 38.6 Å². The maximum Gasteiger partial charge on any atom is 0.263 e. The van der Waals surface area contributed by atoms with Crippen molar-refractivity contribution in [3.8, 4) is 0 Å². The maximum absolute atomic E-state index is 11.4. The quantitative estimate of drug-likeness (QED) is 0.447. The van der Waals surface area contributed by atoms with Gasteiger partial charge in [-0.05, 0) is 38.6 Å². The summed E-state index contributed by atoms with van der Waals surface area (Å²) in [4.78, 5) is 14.0. The van der Waals surface area contributed by atoms with E-state index in [4.69, 9.17) is 10.6 Å². The highest BCUT2D eigenvalue weighted by Gasteiger charge is 2.33. The van der Waals surface area contributed by atoms with Crippen LogP contribution < -0.4 is 11.3 Å². The Bertz CT molecular complexity index is 296. The molecule has 19 heavy (non-hydrogen) atoms. The number of ether oxygens (including phenoxy) is 1.